The van der Waals surface area contributed by atoms with E-state index in [0.717, 1.165) is 22.0 Å². The molecule has 1 amide bonds. The fourth-order valence-electron chi connectivity index (χ4n) is 3.28. The van der Waals surface area contributed by atoms with Crippen molar-refractivity contribution in [2.24, 2.45) is 0 Å². The topological polar surface area (TPSA) is 90.6 Å². The molecule has 0 saturated heterocycles. The minimum Gasteiger partial charge on any atom is -0.361 e. The Kier molecular flexibility index (Phi) is 4.95. The smallest absolute Gasteiger partial charge is 0.271 e. The Balaban J connectivity index is 1.68. The van der Waals surface area contributed by atoms with Crippen molar-refractivity contribution >= 4 is 28.4 Å². The number of H-pyrrole nitrogens is 2. The molecule has 0 bridgehead atoms. The van der Waals surface area contributed by atoms with Gasteiger partial charge < -0.3 is 10.3 Å². The van der Waals surface area contributed by atoms with Gasteiger partial charge in [0.05, 0.1) is 0 Å². The van der Waals surface area contributed by atoms with Crippen molar-refractivity contribution in [1.29, 1.82) is 0 Å². The third-order valence-electron chi connectivity index (χ3n) is 4.66. The summed E-state index contributed by atoms with van der Waals surface area (Å²) in [4.78, 5) is 26.9. The molecule has 0 aliphatic carbocycles. The van der Waals surface area contributed by atoms with Gasteiger partial charge in [-0.1, -0.05) is 48.0 Å². The van der Waals surface area contributed by atoms with Crippen LogP contribution in [0, 0.1) is 0 Å². The maximum Gasteiger partial charge on any atom is 0.271 e. The van der Waals surface area contributed by atoms with Crippen LogP contribution in [0.4, 0.5) is 0 Å². The van der Waals surface area contributed by atoms with Crippen LogP contribution in [-0.2, 0) is 0 Å². The van der Waals surface area contributed by atoms with E-state index in [1.54, 1.807) is 0 Å². The molecule has 0 aliphatic rings. The predicted octanol–water partition coefficient (Wildman–Crippen LogP) is 3.47. The fraction of sp³-hybridized carbons (Fsp3) is 0.0952. The van der Waals surface area contributed by atoms with Gasteiger partial charge in [-0.3, -0.25) is 9.59 Å². The van der Waals surface area contributed by atoms with Crippen LogP contribution in [0.3, 0.4) is 0 Å². The van der Waals surface area contributed by atoms with Crippen molar-refractivity contribution in [3.8, 4) is 0 Å². The van der Waals surface area contributed by atoms with Crippen LogP contribution >= 0.6 is 11.6 Å². The van der Waals surface area contributed by atoms with Crippen molar-refractivity contribution in [3.05, 3.63) is 99.1 Å². The molecule has 28 heavy (non-hydrogen) atoms. The van der Waals surface area contributed by atoms with E-state index in [2.05, 4.69) is 20.5 Å². The summed E-state index contributed by atoms with van der Waals surface area (Å²) in [6.07, 6.45) is 1.95. The number of hydrogen-bond acceptors (Lipinski definition) is 3. The number of nitrogens with one attached hydrogen (secondary N) is 3. The third-order valence-corrected chi connectivity index (χ3v) is 5.00. The second kappa shape index (κ2) is 7.70. The molecule has 1 atom stereocenters. The highest BCUT2D eigenvalue weighted by Crippen LogP contribution is 2.34. The molecule has 2 heterocycles. The number of para-hydroxylation sites is 1. The Hall–Kier alpha value is -3.38. The van der Waals surface area contributed by atoms with Crippen LogP contribution in [-0.4, -0.2) is 27.6 Å². The summed E-state index contributed by atoms with van der Waals surface area (Å²) in [5, 5.41) is 10.7. The second-order valence-electron chi connectivity index (χ2n) is 6.38. The molecule has 0 radical (unpaired) electrons. The number of carbonyl (C=O) groups excluding carboxylic acids is 1. The predicted molar refractivity (Wildman–Crippen MR) is 109 cm³/mol. The zero-order valence-electron chi connectivity index (χ0n) is 14.8. The second-order valence-corrected chi connectivity index (χ2v) is 6.79. The number of rotatable bonds is 5. The van der Waals surface area contributed by atoms with Crippen LogP contribution in [0.25, 0.3) is 10.9 Å². The molecule has 6 nitrogen and oxygen atoms in total. The van der Waals surface area contributed by atoms with Gasteiger partial charge in [-0.25, -0.2) is 5.10 Å². The first kappa shape index (κ1) is 18.0. The summed E-state index contributed by atoms with van der Waals surface area (Å²) in [5.74, 6) is -0.523. The molecule has 7 heteroatoms. The molecule has 4 rings (SSSR count). The van der Waals surface area contributed by atoms with Crippen molar-refractivity contribution in [3.63, 3.8) is 0 Å². The van der Waals surface area contributed by atoms with Crippen molar-refractivity contribution in [1.82, 2.24) is 20.5 Å². The summed E-state index contributed by atoms with van der Waals surface area (Å²) < 4.78 is 0. The van der Waals surface area contributed by atoms with Gasteiger partial charge in [0.15, 0.2) is 0 Å². The number of nitrogens with zero attached hydrogens (tertiary/aromatic N) is 1. The van der Waals surface area contributed by atoms with E-state index in [9.17, 15) is 9.59 Å². The molecule has 0 fully saturated rings. The molecule has 0 spiro atoms. The minimum atomic E-state index is -0.367. The van der Waals surface area contributed by atoms with Crippen LogP contribution in [0.15, 0.2) is 71.7 Å². The lowest BCUT2D eigenvalue weighted by atomic mass is 9.90. The van der Waals surface area contributed by atoms with Crippen molar-refractivity contribution in [2.45, 2.75) is 5.92 Å². The number of hydrogen-bond donors (Lipinski definition) is 3. The number of amides is 1. The van der Waals surface area contributed by atoms with Crippen LogP contribution < -0.4 is 10.9 Å². The van der Waals surface area contributed by atoms with E-state index in [0.29, 0.717) is 11.6 Å². The molecule has 4 aromatic rings. The number of halogens is 1. The first-order valence-corrected chi connectivity index (χ1v) is 9.15. The van der Waals surface area contributed by atoms with Gasteiger partial charge >= 0.3 is 0 Å². The summed E-state index contributed by atoms with van der Waals surface area (Å²) in [6, 6.07) is 18.3. The molecule has 0 aliphatic heterocycles. The van der Waals surface area contributed by atoms with E-state index in [1.165, 1.54) is 12.1 Å². The Morgan fingerprint density at radius 2 is 1.82 bits per heavy atom. The maximum absolute atomic E-state index is 12.5. The van der Waals surface area contributed by atoms with Gasteiger partial charge in [0.2, 0.25) is 0 Å². The number of aromatic amines is 2. The summed E-state index contributed by atoms with van der Waals surface area (Å²) >= 11 is 6.46. The van der Waals surface area contributed by atoms with E-state index in [4.69, 9.17) is 11.6 Å². The van der Waals surface area contributed by atoms with Gasteiger partial charge in [0.25, 0.3) is 11.5 Å². The monoisotopic (exact) mass is 392 g/mol. The van der Waals surface area contributed by atoms with Gasteiger partial charge in [0.1, 0.15) is 5.69 Å². The summed E-state index contributed by atoms with van der Waals surface area (Å²) in [5.41, 5.74) is 2.77. The van der Waals surface area contributed by atoms with Gasteiger partial charge in [-0.05, 0) is 29.3 Å². The number of fused-ring (bicyclic) bond motifs is 1. The highest BCUT2D eigenvalue weighted by Gasteiger charge is 2.21. The largest absolute Gasteiger partial charge is 0.361 e. The molecular formula is C21H17ClN4O2. The highest BCUT2D eigenvalue weighted by molar-refractivity contribution is 6.31. The average molecular weight is 393 g/mol. The normalized spacial score (nSPS) is 12.0. The molecule has 140 valence electrons. The number of aromatic nitrogens is 3. The van der Waals surface area contributed by atoms with Gasteiger partial charge in [-0.15, -0.1) is 0 Å². The minimum absolute atomic E-state index is 0.149. The molecule has 0 saturated carbocycles. The van der Waals surface area contributed by atoms with E-state index in [-0.39, 0.29) is 23.1 Å². The van der Waals surface area contributed by atoms with E-state index in [1.807, 2.05) is 54.7 Å². The number of benzene rings is 2. The maximum atomic E-state index is 12.5. The molecule has 1 unspecified atom stereocenters. The Morgan fingerprint density at radius 1 is 1.04 bits per heavy atom. The molecule has 2 aromatic heterocycles. The Labute approximate surface area is 165 Å². The Bertz CT molecular complexity index is 1180. The van der Waals surface area contributed by atoms with Crippen molar-refractivity contribution < 1.29 is 4.79 Å². The standard InChI is InChI=1S/C21H17ClN4O2/c22-17-7-3-1-5-13(17)15(16-11-23-18-8-4-2-6-14(16)18)12-24-21(28)19-9-10-20(27)26-25-19/h1-11,15,23H,12H2,(H,24,28)(H,26,27). The summed E-state index contributed by atoms with van der Waals surface area (Å²) in [7, 11) is 0. The van der Waals surface area contributed by atoms with E-state index < -0.39 is 0 Å². The number of carbonyl (C=O) groups is 1. The quantitative estimate of drug-likeness (QED) is 0.485. The lowest BCUT2D eigenvalue weighted by molar-refractivity contribution is 0.0946. The van der Waals surface area contributed by atoms with E-state index >= 15 is 0 Å². The van der Waals surface area contributed by atoms with Crippen LogP contribution in [0.2, 0.25) is 5.02 Å². The highest BCUT2D eigenvalue weighted by atomic mass is 35.5. The van der Waals surface area contributed by atoms with Crippen molar-refractivity contribution in [2.75, 3.05) is 6.54 Å². The molecular weight excluding hydrogens is 376 g/mol. The van der Waals surface area contributed by atoms with Crippen LogP contribution in [0.1, 0.15) is 27.5 Å². The first-order valence-electron chi connectivity index (χ1n) is 8.78. The lowest BCUT2D eigenvalue weighted by Crippen LogP contribution is -2.30. The van der Waals surface area contributed by atoms with Gasteiger partial charge in [0, 0.05) is 40.7 Å². The average Bonchev–Trinajstić information content (AvgIpc) is 3.14. The third kappa shape index (κ3) is 3.54. The Morgan fingerprint density at radius 3 is 2.61 bits per heavy atom. The molecule has 2 aromatic carbocycles. The summed E-state index contributed by atoms with van der Waals surface area (Å²) in [6.45, 7) is 0.325. The lowest BCUT2D eigenvalue weighted by Gasteiger charge is -2.19. The molecule has 3 N–H and O–H groups in total. The first-order chi connectivity index (χ1) is 13.6. The zero-order valence-corrected chi connectivity index (χ0v) is 15.5. The van der Waals surface area contributed by atoms with Gasteiger partial charge in [-0.2, -0.15) is 5.10 Å². The van der Waals surface area contributed by atoms with Crippen LogP contribution in [0.5, 0.6) is 0 Å². The SMILES string of the molecule is O=C(NCC(c1ccccc1Cl)c1c[nH]c2ccccc12)c1ccc(=O)[nH]n1. The fourth-order valence-corrected chi connectivity index (χ4v) is 3.55. The zero-order chi connectivity index (χ0) is 19.5.